The predicted octanol–water partition coefficient (Wildman–Crippen LogP) is 3.03. The smallest absolute Gasteiger partial charge is 0.220 e. The van der Waals surface area contributed by atoms with Crippen molar-refractivity contribution in [3.8, 4) is 0 Å². The number of nitrogens with one attached hydrogen (secondary N) is 1. The van der Waals surface area contributed by atoms with Crippen LogP contribution in [0.3, 0.4) is 0 Å². The Morgan fingerprint density at radius 2 is 1.96 bits per heavy atom. The zero-order chi connectivity index (χ0) is 19.8. The molecule has 0 bridgehead atoms. The number of fused-ring (bicyclic) bond motifs is 1. The molecular weight excluding hydrogens is 348 g/mol. The number of carbonyl (C=O) groups excluding carboxylic acids is 1. The Morgan fingerprint density at radius 1 is 1.18 bits per heavy atom. The summed E-state index contributed by atoms with van der Waals surface area (Å²) in [7, 11) is 0. The molecule has 1 amide bonds. The van der Waals surface area contributed by atoms with Gasteiger partial charge in [-0.25, -0.2) is 4.98 Å². The van der Waals surface area contributed by atoms with Crippen molar-refractivity contribution in [1.29, 1.82) is 0 Å². The van der Waals surface area contributed by atoms with E-state index in [9.17, 15) is 4.79 Å². The lowest BCUT2D eigenvalue weighted by Crippen LogP contribution is -2.37. The molecule has 0 saturated carbocycles. The SMILES string of the molecule is CCN(CC)c1cc(CCC(=O)NCCN2CCc3ccccc3C2)ccn1. The van der Waals surface area contributed by atoms with Crippen molar-refractivity contribution in [1.82, 2.24) is 15.2 Å². The van der Waals surface area contributed by atoms with Gasteiger partial charge in [0.05, 0.1) is 0 Å². The lowest BCUT2D eigenvalue weighted by atomic mass is 10.00. The number of benzene rings is 1. The molecule has 1 aliphatic rings. The van der Waals surface area contributed by atoms with Crippen LogP contribution in [-0.2, 0) is 24.2 Å². The van der Waals surface area contributed by atoms with Crippen LogP contribution in [-0.4, -0.2) is 48.5 Å². The monoisotopic (exact) mass is 380 g/mol. The fraction of sp³-hybridized carbons (Fsp3) is 0.478. The summed E-state index contributed by atoms with van der Waals surface area (Å²) >= 11 is 0. The number of hydrogen-bond donors (Lipinski definition) is 1. The molecule has 0 fully saturated rings. The summed E-state index contributed by atoms with van der Waals surface area (Å²) in [6.07, 6.45) is 4.21. The van der Waals surface area contributed by atoms with Crippen LogP contribution < -0.4 is 10.2 Å². The van der Waals surface area contributed by atoms with Crippen LogP contribution in [0.4, 0.5) is 5.82 Å². The van der Waals surface area contributed by atoms with E-state index in [0.29, 0.717) is 13.0 Å². The van der Waals surface area contributed by atoms with Gasteiger partial charge in [-0.05, 0) is 55.5 Å². The number of anilines is 1. The molecule has 150 valence electrons. The highest BCUT2D eigenvalue weighted by atomic mass is 16.1. The maximum Gasteiger partial charge on any atom is 0.220 e. The Balaban J connectivity index is 1.39. The maximum atomic E-state index is 12.2. The molecule has 0 radical (unpaired) electrons. The number of rotatable bonds is 9. The van der Waals surface area contributed by atoms with Gasteiger partial charge in [-0.2, -0.15) is 0 Å². The van der Waals surface area contributed by atoms with Gasteiger partial charge < -0.3 is 10.2 Å². The number of hydrogen-bond acceptors (Lipinski definition) is 4. The molecule has 1 aromatic carbocycles. The van der Waals surface area contributed by atoms with Crippen LogP contribution in [0.15, 0.2) is 42.6 Å². The third kappa shape index (κ3) is 5.55. The van der Waals surface area contributed by atoms with E-state index >= 15 is 0 Å². The van der Waals surface area contributed by atoms with Crippen LogP contribution in [0.5, 0.6) is 0 Å². The summed E-state index contributed by atoms with van der Waals surface area (Å²) in [5.41, 5.74) is 4.05. The van der Waals surface area contributed by atoms with Gasteiger partial charge in [-0.1, -0.05) is 24.3 Å². The molecule has 2 heterocycles. The third-order valence-corrected chi connectivity index (χ3v) is 5.50. The first-order valence-corrected chi connectivity index (χ1v) is 10.4. The van der Waals surface area contributed by atoms with Gasteiger partial charge in [0.1, 0.15) is 5.82 Å². The van der Waals surface area contributed by atoms with E-state index in [1.54, 1.807) is 0 Å². The van der Waals surface area contributed by atoms with Crippen molar-refractivity contribution in [2.75, 3.05) is 37.6 Å². The van der Waals surface area contributed by atoms with Gasteiger partial charge in [-0.15, -0.1) is 0 Å². The molecule has 28 heavy (non-hydrogen) atoms. The number of aromatic nitrogens is 1. The van der Waals surface area contributed by atoms with Crippen molar-refractivity contribution in [2.45, 2.75) is 39.7 Å². The largest absolute Gasteiger partial charge is 0.357 e. The molecule has 0 aliphatic carbocycles. The molecule has 2 aromatic rings. The van der Waals surface area contributed by atoms with Crippen LogP contribution >= 0.6 is 0 Å². The number of carbonyl (C=O) groups is 1. The van der Waals surface area contributed by atoms with E-state index in [-0.39, 0.29) is 5.91 Å². The molecule has 5 heteroatoms. The minimum absolute atomic E-state index is 0.124. The Morgan fingerprint density at radius 3 is 2.75 bits per heavy atom. The number of aryl methyl sites for hydroxylation is 1. The number of amides is 1. The van der Waals surface area contributed by atoms with E-state index < -0.39 is 0 Å². The van der Waals surface area contributed by atoms with Crippen molar-refractivity contribution in [3.63, 3.8) is 0 Å². The molecule has 5 nitrogen and oxygen atoms in total. The van der Waals surface area contributed by atoms with Crippen LogP contribution in [0, 0.1) is 0 Å². The Kier molecular flexibility index (Phi) is 7.43. The third-order valence-electron chi connectivity index (χ3n) is 5.50. The summed E-state index contributed by atoms with van der Waals surface area (Å²) in [5, 5.41) is 3.08. The van der Waals surface area contributed by atoms with E-state index in [2.05, 4.69) is 64.3 Å². The normalized spacial score (nSPS) is 13.8. The minimum atomic E-state index is 0.124. The molecule has 1 aromatic heterocycles. The molecule has 1 aliphatic heterocycles. The Labute approximate surface area is 168 Å². The van der Waals surface area contributed by atoms with Crippen LogP contribution in [0.1, 0.15) is 37.0 Å². The highest BCUT2D eigenvalue weighted by Crippen LogP contribution is 2.18. The molecule has 3 rings (SSSR count). The van der Waals surface area contributed by atoms with Crippen LogP contribution in [0.25, 0.3) is 0 Å². The molecule has 0 unspecified atom stereocenters. The van der Waals surface area contributed by atoms with Gasteiger partial charge in [0, 0.05) is 51.9 Å². The van der Waals surface area contributed by atoms with Gasteiger partial charge in [0.15, 0.2) is 0 Å². The van der Waals surface area contributed by atoms with Crippen molar-refractivity contribution < 1.29 is 4.79 Å². The van der Waals surface area contributed by atoms with E-state index in [1.165, 1.54) is 16.7 Å². The summed E-state index contributed by atoms with van der Waals surface area (Å²) in [5.74, 6) is 1.12. The predicted molar refractivity (Wildman–Crippen MR) is 115 cm³/mol. The number of pyridine rings is 1. The summed E-state index contributed by atoms with van der Waals surface area (Å²) in [4.78, 5) is 21.3. The summed E-state index contributed by atoms with van der Waals surface area (Å²) < 4.78 is 0. The maximum absolute atomic E-state index is 12.2. The average Bonchev–Trinajstić information content (AvgIpc) is 2.73. The average molecular weight is 381 g/mol. The Hall–Kier alpha value is -2.40. The summed E-state index contributed by atoms with van der Waals surface area (Å²) in [6.45, 7) is 9.81. The fourth-order valence-electron chi connectivity index (χ4n) is 3.78. The molecule has 0 saturated heterocycles. The fourth-order valence-corrected chi connectivity index (χ4v) is 3.78. The van der Waals surface area contributed by atoms with Gasteiger partial charge in [-0.3, -0.25) is 9.69 Å². The first-order chi connectivity index (χ1) is 13.7. The highest BCUT2D eigenvalue weighted by molar-refractivity contribution is 5.76. The van der Waals surface area contributed by atoms with Crippen molar-refractivity contribution >= 4 is 11.7 Å². The molecule has 0 spiro atoms. The molecular formula is C23H32N4O. The second-order valence-electron chi connectivity index (χ2n) is 7.34. The van der Waals surface area contributed by atoms with E-state index in [0.717, 1.165) is 51.4 Å². The van der Waals surface area contributed by atoms with Gasteiger partial charge in [0.25, 0.3) is 0 Å². The first-order valence-electron chi connectivity index (χ1n) is 10.4. The topological polar surface area (TPSA) is 48.5 Å². The second-order valence-corrected chi connectivity index (χ2v) is 7.34. The first kappa shape index (κ1) is 20.3. The minimum Gasteiger partial charge on any atom is -0.357 e. The van der Waals surface area contributed by atoms with E-state index in [1.807, 2.05) is 12.3 Å². The van der Waals surface area contributed by atoms with Crippen molar-refractivity contribution in [2.24, 2.45) is 0 Å². The standard InChI is InChI=1S/C23H32N4O/c1-3-27(4-2)22-17-19(11-13-24-22)9-10-23(28)25-14-16-26-15-12-20-7-5-6-8-21(20)18-26/h5-8,11,13,17H,3-4,9-10,12,14-16,18H2,1-2H3,(H,25,28). The molecule has 0 atom stereocenters. The zero-order valence-corrected chi connectivity index (χ0v) is 17.2. The van der Waals surface area contributed by atoms with E-state index in [4.69, 9.17) is 0 Å². The zero-order valence-electron chi connectivity index (χ0n) is 17.2. The quantitative estimate of drug-likeness (QED) is 0.726. The second kappa shape index (κ2) is 10.2. The van der Waals surface area contributed by atoms with Gasteiger partial charge in [0.2, 0.25) is 5.91 Å². The van der Waals surface area contributed by atoms with Gasteiger partial charge >= 0.3 is 0 Å². The summed E-state index contributed by atoms with van der Waals surface area (Å²) in [6, 6.07) is 12.8. The van der Waals surface area contributed by atoms with Crippen LogP contribution in [0.2, 0.25) is 0 Å². The molecule has 1 N–H and O–H groups in total. The van der Waals surface area contributed by atoms with Crippen molar-refractivity contribution in [3.05, 3.63) is 59.3 Å². The Bertz CT molecular complexity index is 773. The highest BCUT2D eigenvalue weighted by Gasteiger charge is 2.15. The lowest BCUT2D eigenvalue weighted by molar-refractivity contribution is -0.121. The number of nitrogens with zero attached hydrogens (tertiary/aromatic N) is 3. The lowest BCUT2D eigenvalue weighted by Gasteiger charge is -2.28.